The molecule has 0 radical (unpaired) electrons. The molecule has 4 rings (SSSR count). The molecule has 9 nitrogen and oxygen atoms in total. The quantitative estimate of drug-likeness (QED) is 0.580. The number of carbonyl (C=O) groups excluding carboxylic acids is 1. The Morgan fingerprint density at radius 1 is 1.34 bits per heavy atom. The van der Waals surface area contributed by atoms with Crippen molar-refractivity contribution in [2.75, 3.05) is 38.3 Å². The van der Waals surface area contributed by atoms with Crippen molar-refractivity contribution in [3.05, 3.63) is 46.4 Å². The third-order valence-corrected chi connectivity index (χ3v) is 6.33. The number of rotatable bonds is 6. The molecule has 0 aliphatic carbocycles. The number of halogens is 2. The number of oxazole rings is 1. The lowest BCUT2D eigenvalue weighted by Gasteiger charge is -2.41. The van der Waals surface area contributed by atoms with E-state index in [1.807, 2.05) is 12.1 Å². The first-order chi connectivity index (χ1) is 15.4. The summed E-state index contributed by atoms with van der Waals surface area (Å²) in [5, 5.41) is 15.3. The minimum absolute atomic E-state index is 0.00245. The minimum Gasteiger partial charge on any atom is -0.495 e. The van der Waals surface area contributed by atoms with Crippen LogP contribution in [-0.2, 0) is 11.3 Å². The Hall–Kier alpha value is -2.75. The zero-order valence-electron chi connectivity index (χ0n) is 17.7. The number of nitrogens with zero attached hydrogens (tertiary/aromatic N) is 5. The smallest absolute Gasteiger partial charge is 0.248 e. The number of hydrogen-bond donors (Lipinski definition) is 1. The lowest BCUT2D eigenvalue weighted by atomic mass is 10.1. The van der Waals surface area contributed by atoms with Crippen LogP contribution in [0.15, 0.2) is 35.1 Å². The summed E-state index contributed by atoms with van der Waals surface area (Å²) in [6.45, 7) is 3.16. The van der Waals surface area contributed by atoms with Crippen LogP contribution >= 0.6 is 23.2 Å². The summed E-state index contributed by atoms with van der Waals surface area (Å²) in [4.78, 5) is 21.0. The van der Waals surface area contributed by atoms with Gasteiger partial charge >= 0.3 is 0 Å². The highest BCUT2D eigenvalue weighted by Gasteiger charge is 2.31. The van der Waals surface area contributed by atoms with Gasteiger partial charge in [-0.1, -0.05) is 23.2 Å². The molecule has 32 heavy (non-hydrogen) atoms. The van der Waals surface area contributed by atoms with E-state index in [1.54, 1.807) is 25.0 Å². The molecule has 1 unspecified atom stereocenters. The van der Waals surface area contributed by atoms with Crippen LogP contribution in [0.5, 0.6) is 5.75 Å². The summed E-state index contributed by atoms with van der Waals surface area (Å²) in [6.07, 6.45) is 2.94. The number of ether oxygens (including phenoxy) is 1. The van der Waals surface area contributed by atoms with E-state index in [4.69, 9.17) is 32.4 Å². The van der Waals surface area contributed by atoms with E-state index in [9.17, 15) is 9.90 Å². The summed E-state index contributed by atoms with van der Waals surface area (Å²) < 4.78 is 12.1. The number of hydrogen-bond acceptors (Lipinski definition) is 7. The fourth-order valence-corrected chi connectivity index (χ4v) is 4.20. The third kappa shape index (κ3) is 4.28. The average Bonchev–Trinajstić information content (AvgIpc) is 3.43. The Morgan fingerprint density at radius 2 is 2.16 bits per heavy atom. The third-order valence-electron chi connectivity index (χ3n) is 5.57. The lowest BCUT2D eigenvalue weighted by molar-refractivity contribution is -0.135. The van der Waals surface area contributed by atoms with Gasteiger partial charge in [0.15, 0.2) is 5.69 Å². The van der Waals surface area contributed by atoms with E-state index in [0.29, 0.717) is 52.7 Å². The molecule has 2 aromatic heterocycles. The first-order valence-electron chi connectivity index (χ1n) is 10.0. The number of carbonyl (C=O) groups is 1. The molecule has 0 bridgehead atoms. The predicted molar refractivity (Wildman–Crippen MR) is 120 cm³/mol. The van der Waals surface area contributed by atoms with Crippen LogP contribution in [-0.4, -0.2) is 70.1 Å². The zero-order chi connectivity index (χ0) is 22.8. The van der Waals surface area contributed by atoms with Gasteiger partial charge in [-0.15, -0.1) is 0 Å². The average molecular weight is 480 g/mol. The summed E-state index contributed by atoms with van der Waals surface area (Å²) >= 11 is 12.5. The van der Waals surface area contributed by atoms with Gasteiger partial charge in [-0.3, -0.25) is 9.48 Å². The second-order valence-electron chi connectivity index (χ2n) is 7.43. The molecular weight excluding hydrogens is 457 g/mol. The highest BCUT2D eigenvalue weighted by atomic mass is 35.5. The Balaban J connectivity index is 1.48. The van der Waals surface area contributed by atoms with Gasteiger partial charge in [0.25, 0.3) is 0 Å². The van der Waals surface area contributed by atoms with Gasteiger partial charge in [0.05, 0.1) is 41.7 Å². The second-order valence-corrected chi connectivity index (χ2v) is 8.22. The van der Waals surface area contributed by atoms with E-state index in [1.165, 1.54) is 17.1 Å². The molecule has 1 aliphatic rings. The van der Waals surface area contributed by atoms with Gasteiger partial charge < -0.3 is 24.1 Å². The molecule has 1 atom stereocenters. The van der Waals surface area contributed by atoms with Crippen LogP contribution < -0.4 is 9.64 Å². The van der Waals surface area contributed by atoms with Crippen LogP contribution in [0.3, 0.4) is 0 Å². The lowest BCUT2D eigenvalue weighted by Crippen LogP contribution is -2.57. The molecule has 1 saturated heterocycles. The molecule has 11 heteroatoms. The maximum Gasteiger partial charge on any atom is 0.248 e. The number of piperazine rings is 1. The van der Waals surface area contributed by atoms with Crippen molar-refractivity contribution >= 4 is 34.8 Å². The Bertz CT molecular complexity index is 1100. The van der Waals surface area contributed by atoms with Gasteiger partial charge in [0.2, 0.25) is 11.8 Å². The summed E-state index contributed by atoms with van der Waals surface area (Å²) in [5.74, 6) is 0.722. The fraction of sp³-hybridized carbons (Fsp3) is 0.381. The highest BCUT2D eigenvalue weighted by Crippen LogP contribution is 2.31. The van der Waals surface area contributed by atoms with Gasteiger partial charge in [0, 0.05) is 31.4 Å². The Labute approximate surface area is 195 Å². The van der Waals surface area contributed by atoms with Gasteiger partial charge in [-0.25, -0.2) is 4.98 Å². The van der Waals surface area contributed by atoms with Crippen molar-refractivity contribution in [1.82, 2.24) is 19.7 Å². The number of aromatic nitrogens is 3. The SMILES string of the molecule is COc1cc(N2CCN(C(=O)Cn3nc(-c4ncco4)c(Cl)c3C)C(CO)C2)ccc1Cl. The van der Waals surface area contributed by atoms with E-state index in [0.717, 1.165) is 5.69 Å². The number of aliphatic hydroxyl groups excluding tert-OH is 1. The molecular formula is C21H23Cl2N5O4. The molecule has 3 heterocycles. The molecule has 0 saturated carbocycles. The van der Waals surface area contributed by atoms with Crippen molar-refractivity contribution in [2.24, 2.45) is 0 Å². The van der Waals surface area contributed by atoms with Gasteiger partial charge in [-0.05, 0) is 19.1 Å². The molecule has 3 aromatic rings. The Morgan fingerprint density at radius 3 is 2.84 bits per heavy atom. The van der Waals surface area contributed by atoms with E-state index in [2.05, 4.69) is 15.0 Å². The topological polar surface area (TPSA) is 96.9 Å². The van der Waals surface area contributed by atoms with Crippen molar-refractivity contribution in [1.29, 1.82) is 0 Å². The normalized spacial score (nSPS) is 16.5. The second kappa shape index (κ2) is 9.40. The summed E-state index contributed by atoms with van der Waals surface area (Å²) in [7, 11) is 1.56. The molecule has 1 fully saturated rings. The van der Waals surface area contributed by atoms with Crippen LogP contribution in [0.25, 0.3) is 11.6 Å². The predicted octanol–water partition coefficient (Wildman–Crippen LogP) is 2.87. The highest BCUT2D eigenvalue weighted by molar-refractivity contribution is 6.33. The molecule has 1 aromatic carbocycles. The molecule has 0 spiro atoms. The van der Waals surface area contributed by atoms with Gasteiger partial charge in [0.1, 0.15) is 18.6 Å². The van der Waals surface area contributed by atoms with Crippen LogP contribution in [0.2, 0.25) is 10.0 Å². The maximum absolute atomic E-state index is 13.1. The molecule has 170 valence electrons. The molecule has 1 aliphatic heterocycles. The van der Waals surface area contributed by atoms with Crippen LogP contribution in [0, 0.1) is 6.92 Å². The van der Waals surface area contributed by atoms with Crippen molar-refractivity contribution in [3.63, 3.8) is 0 Å². The number of amides is 1. The van der Waals surface area contributed by atoms with E-state index in [-0.39, 0.29) is 25.1 Å². The standard InChI is InChI=1S/C21H23Cl2N5O4/c1-13-19(23)20(21-24-5-8-32-21)25-28(13)11-18(30)27-7-6-26(10-15(27)12-29)14-3-4-16(22)17(9-14)31-2/h3-5,8-9,15,29H,6-7,10-12H2,1-2H3. The van der Waals surface area contributed by atoms with Crippen molar-refractivity contribution in [2.45, 2.75) is 19.5 Å². The van der Waals surface area contributed by atoms with Crippen LogP contribution in [0.1, 0.15) is 5.69 Å². The number of aliphatic hydroxyl groups is 1. The van der Waals surface area contributed by atoms with Crippen LogP contribution in [0.4, 0.5) is 5.69 Å². The van der Waals surface area contributed by atoms with Crippen molar-refractivity contribution in [3.8, 4) is 17.3 Å². The summed E-state index contributed by atoms with van der Waals surface area (Å²) in [6, 6.07) is 5.16. The zero-order valence-corrected chi connectivity index (χ0v) is 19.2. The first-order valence-corrected chi connectivity index (χ1v) is 10.8. The number of methoxy groups -OCH3 is 1. The fourth-order valence-electron chi connectivity index (χ4n) is 3.79. The van der Waals surface area contributed by atoms with Gasteiger partial charge in [-0.2, -0.15) is 5.10 Å². The summed E-state index contributed by atoms with van der Waals surface area (Å²) in [5.41, 5.74) is 1.95. The van der Waals surface area contributed by atoms with E-state index < -0.39 is 0 Å². The van der Waals surface area contributed by atoms with E-state index >= 15 is 0 Å². The first kappa shape index (κ1) is 22.4. The molecule has 1 amide bonds. The number of benzene rings is 1. The Kier molecular flexibility index (Phi) is 6.59. The molecule has 1 N–H and O–H groups in total. The van der Waals surface area contributed by atoms with Crippen molar-refractivity contribution < 1.29 is 19.1 Å². The maximum atomic E-state index is 13.1. The monoisotopic (exact) mass is 479 g/mol. The largest absolute Gasteiger partial charge is 0.495 e. The number of anilines is 1. The minimum atomic E-state index is -0.365.